The number of nitrogens with one attached hydrogen (secondary N) is 1. The Labute approximate surface area is 137 Å². The van der Waals surface area contributed by atoms with E-state index in [2.05, 4.69) is 5.32 Å². The van der Waals surface area contributed by atoms with Crippen LogP contribution in [-0.4, -0.2) is 30.1 Å². The average molecular weight is 319 g/mol. The molecule has 2 rings (SSSR count). The second-order valence-corrected chi connectivity index (χ2v) is 6.33. The van der Waals surface area contributed by atoms with E-state index >= 15 is 0 Å². The Morgan fingerprint density at radius 3 is 2.65 bits per heavy atom. The third kappa shape index (κ3) is 4.98. The number of hydrogen-bond acceptors (Lipinski definition) is 3. The van der Waals surface area contributed by atoms with E-state index in [0.717, 1.165) is 24.8 Å². The maximum absolute atomic E-state index is 11.9. The van der Waals surface area contributed by atoms with Crippen LogP contribution >= 0.6 is 0 Å². The van der Waals surface area contributed by atoms with Crippen LogP contribution in [0.2, 0.25) is 0 Å². The normalized spacial score (nSPS) is 20.8. The number of carboxylic acids is 1. The van der Waals surface area contributed by atoms with Crippen LogP contribution in [0.3, 0.4) is 0 Å². The highest BCUT2D eigenvalue weighted by molar-refractivity contribution is 5.77. The van der Waals surface area contributed by atoms with Crippen molar-refractivity contribution in [1.82, 2.24) is 5.32 Å². The molecule has 1 saturated carbocycles. The Kier molecular flexibility index (Phi) is 6.02. The van der Waals surface area contributed by atoms with Gasteiger partial charge in [-0.2, -0.15) is 0 Å². The second-order valence-electron chi connectivity index (χ2n) is 6.33. The van der Waals surface area contributed by atoms with Gasteiger partial charge in [0, 0.05) is 6.54 Å². The molecule has 0 radical (unpaired) electrons. The van der Waals surface area contributed by atoms with Crippen LogP contribution in [-0.2, 0) is 9.59 Å². The van der Waals surface area contributed by atoms with E-state index in [1.165, 1.54) is 5.56 Å². The van der Waals surface area contributed by atoms with Gasteiger partial charge in [-0.05, 0) is 55.9 Å². The van der Waals surface area contributed by atoms with E-state index in [-0.39, 0.29) is 24.3 Å². The molecule has 2 N–H and O–H groups in total. The summed E-state index contributed by atoms with van der Waals surface area (Å²) in [5.41, 5.74) is 2.30. The third-order valence-electron chi connectivity index (χ3n) is 4.64. The number of aliphatic carboxylic acids is 1. The van der Waals surface area contributed by atoms with Gasteiger partial charge in [-0.15, -0.1) is 0 Å². The highest BCUT2D eigenvalue weighted by Crippen LogP contribution is 2.29. The molecule has 0 spiro atoms. The van der Waals surface area contributed by atoms with Gasteiger partial charge >= 0.3 is 5.97 Å². The maximum atomic E-state index is 11.9. The van der Waals surface area contributed by atoms with Gasteiger partial charge in [-0.3, -0.25) is 9.59 Å². The van der Waals surface area contributed by atoms with E-state index in [0.29, 0.717) is 18.7 Å². The molecule has 1 aromatic carbocycles. The van der Waals surface area contributed by atoms with E-state index in [1.54, 1.807) is 0 Å². The molecule has 0 aliphatic heterocycles. The minimum absolute atomic E-state index is 0.0202. The van der Waals surface area contributed by atoms with Crippen molar-refractivity contribution in [3.63, 3.8) is 0 Å². The molecule has 23 heavy (non-hydrogen) atoms. The second kappa shape index (κ2) is 7.99. The Balaban J connectivity index is 1.78. The van der Waals surface area contributed by atoms with Crippen LogP contribution < -0.4 is 10.1 Å². The molecule has 0 saturated heterocycles. The lowest BCUT2D eigenvalue weighted by Gasteiger charge is -2.28. The summed E-state index contributed by atoms with van der Waals surface area (Å²) < 4.78 is 5.49. The summed E-state index contributed by atoms with van der Waals surface area (Å²) in [6.07, 6.45) is 3.55. The van der Waals surface area contributed by atoms with Crippen molar-refractivity contribution in [3.8, 4) is 5.75 Å². The van der Waals surface area contributed by atoms with Crippen molar-refractivity contribution < 1.29 is 19.4 Å². The highest BCUT2D eigenvalue weighted by Gasteiger charge is 2.30. The first kappa shape index (κ1) is 17.3. The van der Waals surface area contributed by atoms with Crippen molar-refractivity contribution in [2.24, 2.45) is 11.8 Å². The van der Waals surface area contributed by atoms with Gasteiger partial charge in [0.15, 0.2) is 6.61 Å². The third-order valence-corrected chi connectivity index (χ3v) is 4.64. The molecule has 126 valence electrons. The largest absolute Gasteiger partial charge is 0.484 e. The van der Waals surface area contributed by atoms with Crippen LogP contribution in [0.5, 0.6) is 5.75 Å². The number of aryl methyl sites for hydroxylation is 2. The Hall–Kier alpha value is -2.04. The summed E-state index contributed by atoms with van der Waals surface area (Å²) in [6.45, 7) is 4.38. The SMILES string of the molecule is Cc1ccc(OCC(=O)NC[C@@H]2CCCC[C@@H]2C(=O)O)cc1C. The molecule has 5 heteroatoms. The van der Waals surface area contributed by atoms with Gasteiger partial charge in [0.05, 0.1) is 5.92 Å². The first-order valence-corrected chi connectivity index (χ1v) is 8.17. The van der Waals surface area contributed by atoms with E-state index in [1.807, 2.05) is 32.0 Å². The summed E-state index contributed by atoms with van der Waals surface area (Å²) in [5, 5.41) is 12.0. The van der Waals surface area contributed by atoms with Crippen LogP contribution in [0.25, 0.3) is 0 Å². The summed E-state index contributed by atoms with van der Waals surface area (Å²) in [4.78, 5) is 23.1. The zero-order valence-electron chi connectivity index (χ0n) is 13.8. The van der Waals surface area contributed by atoms with Crippen molar-refractivity contribution in [2.75, 3.05) is 13.2 Å². The summed E-state index contributed by atoms with van der Waals surface area (Å²) >= 11 is 0. The molecule has 1 aliphatic carbocycles. The number of carbonyl (C=O) groups is 2. The molecule has 1 fully saturated rings. The molecular formula is C18H25NO4. The van der Waals surface area contributed by atoms with Gasteiger partial charge in [-0.1, -0.05) is 18.9 Å². The number of amides is 1. The quantitative estimate of drug-likeness (QED) is 0.845. The van der Waals surface area contributed by atoms with Gasteiger partial charge in [0.25, 0.3) is 5.91 Å². The highest BCUT2D eigenvalue weighted by atomic mass is 16.5. The fraction of sp³-hybridized carbons (Fsp3) is 0.556. The van der Waals surface area contributed by atoms with Crippen molar-refractivity contribution in [3.05, 3.63) is 29.3 Å². The van der Waals surface area contributed by atoms with E-state index < -0.39 is 5.97 Å². The number of carbonyl (C=O) groups excluding carboxylic acids is 1. The van der Waals surface area contributed by atoms with Gasteiger partial charge < -0.3 is 15.2 Å². The van der Waals surface area contributed by atoms with Crippen LogP contribution in [0.15, 0.2) is 18.2 Å². The first-order chi connectivity index (χ1) is 11.0. The average Bonchev–Trinajstić information content (AvgIpc) is 2.54. The fourth-order valence-electron chi connectivity index (χ4n) is 3.03. The molecule has 0 aromatic heterocycles. The van der Waals surface area contributed by atoms with Gasteiger partial charge in [0.1, 0.15) is 5.75 Å². The molecule has 0 heterocycles. The summed E-state index contributed by atoms with van der Waals surface area (Å²) in [5.74, 6) is -0.617. The smallest absolute Gasteiger partial charge is 0.306 e. The fourth-order valence-corrected chi connectivity index (χ4v) is 3.03. The minimum atomic E-state index is -0.754. The first-order valence-electron chi connectivity index (χ1n) is 8.17. The Morgan fingerprint density at radius 2 is 1.96 bits per heavy atom. The van der Waals surface area contributed by atoms with Gasteiger partial charge in [-0.25, -0.2) is 0 Å². The van der Waals surface area contributed by atoms with E-state index in [4.69, 9.17) is 4.74 Å². The van der Waals surface area contributed by atoms with Crippen molar-refractivity contribution >= 4 is 11.9 Å². The predicted octanol–water partition coefficient (Wildman–Crippen LogP) is 2.69. The topological polar surface area (TPSA) is 75.6 Å². The lowest BCUT2D eigenvalue weighted by Crippen LogP contribution is -2.38. The molecule has 1 amide bonds. The van der Waals surface area contributed by atoms with Crippen molar-refractivity contribution in [2.45, 2.75) is 39.5 Å². The number of hydrogen-bond donors (Lipinski definition) is 2. The molecule has 1 aromatic rings. The standard InChI is InChI=1S/C18H25NO4/c1-12-7-8-15(9-13(12)2)23-11-17(20)19-10-14-5-3-4-6-16(14)18(21)22/h7-9,14,16H,3-6,10-11H2,1-2H3,(H,19,20)(H,21,22)/t14-,16-/m0/s1. The Bertz CT molecular complexity index is 570. The summed E-state index contributed by atoms with van der Waals surface area (Å²) in [7, 11) is 0. The maximum Gasteiger partial charge on any atom is 0.306 e. The van der Waals surface area contributed by atoms with Gasteiger partial charge in [0.2, 0.25) is 0 Å². The van der Waals surface area contributed by atoms with Crippen LogP contribution in [0.1, 0.15) is 36.8 Å². The molecule has 1 aliphatic rings. The van der Waals surface area contributed by atoms with E-state index in [9.17, 15) is 14.7 Å². The monoisotopic (exact) mass is 319 g/mol. The predicted molar refractivity (Wildman–Crippen MR) is 87.5 cm³/mol. The molecule has 5 nitrogen and oxygen atoms in total. The molecular weight excluding hydrogens is 294 g/mol. The Morgan fingerprint density at radius 1 is 1.22 bits per heavy atom. The number of benzene rings is 1. The zero-order chi connectivity index (χ0) is 16.8. The number of carboxylic acid groups (broad SMARTS) is 1. The number of ether oxygens (including phenoxy) is 1. The van der Waals surface area contributed by atoms with Crippen LogP contribution in [0, 0.1) is 25.7 Å². The molecule has 2 atom stereocenters. The zero-order valence-corrected chi connectivity index (χ0v) is 13.8. The molecule has 0 bridgehead atoms. The summed E-state index contributed by atoms with van der Waals surface area (Å²) in [6, 6.07) is 5.71. The minimum Gasteiger partial charge on any atom is -0.484 e. The number of rotatable bonds is 6. The van der Waals surface area contributed by atoms with Crippen LogP contribution in [0.4, 0.5) is 0 Å². The van der Waals surface area contributed by atoms with Crippen molar-refractivity contribution in [1.29, 1.82) is 0 Å². The molecule has 0 unspecified atom stereocenters. The lowest BCUT2D eigenvalue weighted by atomic mass is 9.79. The lowest BCUT2D eigenvalue weighted by molar-refractivity contribution is -0.145.